The average Bonchev–Trinajstić information content (AvgIpc) is 2.79. The number of carbonyl (C=O) groups is 1. The number of methoxy groups -OCH3 is 1. The van der Waals surface area contributed by atoms with E-state index in [9.17, 15) is 4.79 Å². The smallest absolute Gasteiger partial charge is 0.244 e. The predicted octanol–water partition coefficient (Wildman–Crippen LogP) is 3.69. The number of nitrogens with one attached hydrogen (secondary N) is 1. The Morgan fingerprint density at radius 2 is 1.87 bits per heavy atom. The molecule has 0 spiro atoms. The molecule has 2 aromatic rings. The van der Waals surface area contributed by atoms with Crippen molar-refractivity contribution in [1.29, 1.82) is 0 Å². The molecule has 1 fully saturated rings. The van der Waals surface area contributed by atoms with E-state index in [0.717, 1.165) is 44.0 Å². The number of hydrogen-bond donors (Lipinski definition) is 1. The number of carbonyl (C=O) groups excluding carboxylic acids is 1. The minimum Gasteiger partial charge on any atom is -0.493 e. The minimum atomic E-state index is -0.136. The summed E-state index contributed by atoms with van der Waals surface area (Å²) in [5, 5.41) is 3.15. The van der Waals surface area contributed by atoms with E-state index in [1.165, 1.54) is 0 Å². The highest BCUT2D eigenvalue weighted by molar-refractivity contribution is 5.92. The standard InChI is InChI=1S/C25H32N2O4/c1-19(2)31-23-11-9-20(17-24(23)29-3)10-12-25(28)26-22(21-7-5-4-6-8-21)18-27-13-15-30-16-14-27/h4-12,17,19,22H,13-16,18H2,1-3H3,(H,26,28)/b12-10+. The summed E-state index contributed by atoms with van der Waals surface area (Å²) in [7, 11) is 1.61. The Morgan fingerprint density at radius 1 is 1.13 bits per heavy atom. The molecule has 2 aromatic carbocycles. The molecule has 1 unspecified atom stereocenters. The highest BCUT2D eigenvalue weighted by Crippen LogP contribution is 2.29. The summed E-state index contributed by atoms with van der Waals surface area (Å²) in [5.41, 5.74) is 1.96. The zero-order valence-corrected chi connectivity index (χ0v) is 18.5. The molecule has 1 heterocycles. The van der Waals surface area contributed by atoms with Crippen molar-refractivity contribution in [1.82, 2.24) is 10.2 Å². The molecule has 0 radical (unpaired) electrons. The van der Waals surface area contributed by atoms with Crippen LogP contribution >= 0.6 is 0 Å². The van der Waals surface area contributed by atoms with Gasteiger partial charge in [-0.15, -0.1) is 0 Å². The molecule has 1 aliphatic rings. The molecule has 1 N–H and O–H groups in total. The first kappa shape index (κ1) is 22.8. The van der Waals surface area contributed by atoms with Crippen molar-refractivity contribution >= 4 is 12.0 Å². The van der Waals surface area contributed by atoms with Crippen molar-refractivity contribution in [2.45, 2.75) is 26.0 Å². The normalized spacial score (nSPS) is 15.7. The van der Waals surface area contributed by atoms with Crippen LogP contribution in [0.4, 0.5) is 0 Å². The third-order valence-electron chi connectivity index (χ3n) is 5.04. The number of ether oxygens (including phenoxy) is 3. The molecule has 1 atom stereocenters. The second-order valence-corrected chi connectivity index (χ2v) is 7.80. The third-order valence-corrected chi connectivity index (χ3v) is 5.04. The molecular weight excluding hydrogens is 392 g/mol. The van der Waals surface area contributed by atoms with Crippen molar-refractivity contribution < 1.29 is 19.0 Å². The number of nitrogens with zero attached hydrogens (tertiary/aromatic N) is 1. The summed E-state index contributed by atoms with van der Waals surface area (Å²) in [6.07, 6.45) is 3.41. The molecule has 166 valence electrons. The second kappa shape index (κ2) is 11.5. The van der Waals surface area contributed by atoms with E-state index in [4.69, 9.17) is 14.2 Å². The maximum atomic E-state index is 12.7. The molecule has 0 aromatic heterocycles. The summed E-state index contributed by atoms with van der Waals surface area (Å²) < 4.78 is 16.6. The van der Waals surface area contributed by atoms with Gasteiger partial charge in [0.15, 0.2) is 11.5 Å². The Morgan fingerprint density at radius 3 is 2.55 bits per heavy atom. The fraction of sp³-hybridized carbons (Fsp3) is 0.400. The Hall–Kier alpha value is -2.83. The molecule has 6 heteroatoms. The molecule has 0 aliphatic carbocycles. The first-order valence-electron chi connectivity index (χ1n) is 10.7. The molecule has 31 heavy (non-hydrogen) atoms. The molecule has 6 nitrogen and oxygen atoms in total. The van der Waals surface area contributed by atoms with E-state index in [-0.39, 0.29) is 18.1 Å². The van der Waals surface area contributed by atoms with Gasteiger partial charge in [0.05, 0.1) is 32.5 Å². The van der Waals surface area contributed by atoms with Crippen molar-refractivity contribution in [3.63, 3.8) is 0 Å². The van der Waals surface area contributed by atoms with Crippen molar-refractivity contribution in [2.24, 2.45) is 0 Å². The van der Waals surface area contributed by atoms with Crippen LogP contribution in [0, 0.1) is 0 Å². The van der Waals surface area contributed by atoms with Crippen LogP contribution in [0.3, 0.4) is 0 Å². The van der Waals surface area contributed by atoms with Crippen LogP contribution in [0.1, 0.15) is 31.0 Å². The van der Waals surface area contributed by atoms with Gasteiger partial charge in [-0.1, -0.05) is 36.4 Å². The maximum Gasteiger partial charge on any atom is 0.244 e. The lowest BCUT2D eigenvalue weighted by molar-refractivity contribution is -0.117. The van der Waals surface area contributed by atoms with Gasteiger partial charge in [-0.25, -0.2) is 0 Å². The van der Waals surface area contributed by atoms with Crippen LogP contribution < -0.4 is 14.8 Å². The Labute approximate surface area is 184 Å². The maximum absolute atomic E-state index is 12.7. The fourth-order valence-corrected chi connectivity index (χ4v) is 3.49. The van der Waals surface area contributed by atoms with E-state index in [1.54, 1.807) is 19.3 Å². The molecule has 1 aliphatic heterocycles. The van der Waals surface area contributed by atoms with E-state index in [1.807, 2.05) is 62.4 Å². The van der Waals surface area contributed by atoms with Gasteiger partial charge in [-0.2, -0.15) is 0 Å². The quantitative estimate of drug-likeness (QED) is 0.622. The second-order valence-electron chi connectivity index (χ2n) is 7.80. The summed E-state index contributed by atoms with van der Waals surface area (Å²) in [4.78, 5) is 15.0. The predicted molar refractivity (Wildman–Crippen MR) is 122 cm³/mol. The largest absolute Gasteiger partial charge is 0.493 e. The van der Waals surface area contributed by atoms with Crippen LogP contribution in [0.25, 0.3) is 6.08 Å². The van der Waals surface area contributed by atoms with Gasteiger partial charge < -0.3 is 19.5 Å². The zero-order chi connectivity index (χ0) is 22.1. The van der Waals surface area contributed by atoms with Gasteiger partial charge in [0.1, 0.15) is 0 Å². The zero-order valence-electron chi connectivity index (χ0n) is 18.5. The molecule has 1 saturated heterocycles. The summed E-state index contributed by atoms with van der Waals surface area (Å²) >= 11 is 0. The Bertz CT molecular complexity index is 861. The number of amides is 1. The molecule has 3 rings (SSSR count). The molecule has 1 amide bonds. The highest BCUT2D eigenvalue weighted by Gasteiger charge is 2.19. The Kier molecular flexibility index (Phi) is 8.50. The third kappa shape index (κ3) is 7.12. The number of hydrogen-bond acceptors (Lipinski definition) is 5. The number of morpholine rings is 1. The van der Waals surface area contributed by atoms with E-state index in [2.05, 4.69) is 10.2 Å². The van der Waals surface area contributed by atoms with Gasteiger partial charge in [0.2, 0.25) is 5.91 Å². The summed E-state index contributed by atoms with van der Waals surface area (Å²) in [5.74, 6) is 1.20. The molecule has 0 saturated carbocycles. The van der Waals surface area contributed by atoms with Gasteiger partial charge >= 0.3 is 0 Å². The van der Waals surface area contributed by atoms with Gasteiger partial charge in [-0.3, -0.25) is 9.69 Å². The van der Waals surface area contributed by atoms with Crippen LogP contribution in [-0.2, 0) is 9.53 Å². The first-order chi connectivity index (χ1) is 15.0. The van der Waals surface area contributed by atoms with Crippen LogP contribution in [-0.4, -0.2) is 56.9 Å². The van der Waals surface area contributed by atoms with E-state index in [0.29, 0.717) is 11.5 Å². The monoisotopic (exact) mass is 424 g/mol. The fourth-order valence-electron chi connectivity index (χ4n) is 3.49. The molecular formula is C25H32N2O4. The lowest BCUT2D eigenvalue weighted by Gasteiger charge is -2.31. The Balaban J connectivity index is 1.67. The minimum absolute atomic E-state index is 0.0578. The van der Waals surface area contributed by atoms with Gasteiger partial charge in [-0.05, 0) is 43.2 Å². The van der Waals surface area contributed by atoms with Crippen LogP contribution in [0.15, 0.2) is 54.6 Å². The lowest BCUT2D eigenvalue weighted by Crippen LogP contribution is -2.42. The van der Waals surface area contributed by atoms with Crippen LogP contribution in [0.2, 0.25) is 0 Å². The summed E-state index contributed by atoms with van der Waals surface area (Å²) in [6.45, 7) is 7.90. The number of benzene rings is 2. The lowest BCUT2D eigenvalue weighted by atomic mass is 10.1. The van der Waals surface area contributed by atoms with E-state index < -0.39 is 0 Å². The number of rotatable bonds is 9. The van der Waals surface area contributed by atoms with Crippen LogP contribution in [0.5, 0.6) is 11.5 Å². The van der Waals surface area contributed by atoms with Gasteiger partial charge in [0, 0.05) is 25.7 Å². The van der Waals surface area contributed by atoms with Crippen molar-refractivity contribution in [3.05, 3.63) is 65.7 Å². The molecule has 0 bridgehead atoms. The van der Waals surface area contributed by atoms with Crippen molar-refractivity contribution in [3.8, 4) is 11.5 Å². The van der Waals surface area contributed by atoms with Crippen molar-refractivity contribution in [2.75, 3.05) is 40.0 Å². The highest BCUT2D eigenvalue weighted by atomic mass is 16.5. The van der Waals surface area contributed by atoms with E-state index >= 15 is 0 Å². The van der Waals surface area contributed by atoms with Gasteiger partial charge in [0.25, 0.3) is 0 Å². The summed E-state index contributed by atoms with van der Waals surface area (Å²) in [6, 6.07) is 15.6. The topological polar surface area (TPSA) is 60.0 Å². The first-order valence-corrected chi connectivity index (χ1v) is 10.7. The average molecular weight is 425 g/mol. The SMILES string of the molecule is COc1cc(/C=C/C(=O)NC(CN2CCOCC2)c2ccccc2)ccc1OC(C)C.